The monoisotopic (exact) mass is 176 g/mol. The number of methoxy groups -OCH3 is 1. The predicted octanol–water partition coefficient (Wildman–Crippen LogP) is 0.601. The molecule has 0 aromatic carbocycles. The van der Waals surface area contributed by atoms with Crippen LogP contribution in [-0.4, -0.2) is 39.0 Å². The van der Waals surface area contributed by atoms with Gasteiger partial charge < -0.3 is 14.2 Å². The molecular weight excluding hydrogens is 160 g/mol. The summed E-state index contributed by atoms with van der Waals surface area (Å²) in [5, 5.41) is 0. The molecule has 0 heterocycles. The van der Waals surface area contributed by atoms with Crippen molar-refractivity contribution in [3.05, 3.63) is 0 Å². The van der Waals surface area contributed by atoms with Crippen molar-refractivity contribution in [1.29, 1.82) is 0 Å². The van der Waals surface area contributed by atoms with E-state index in [9.17, 15) is 4.79 Å². The molecule has 0 fully saturated rings. The van der Waals surface area contributed by atoms with Gasteiger partial charge in [0.25, 0.3) is 0 Å². The van der Waals surface area contributed by atoms with Crippen LogP contribution in [-0.2, 0) is 19.0 Å². The van der Waals surface area contributed by atoms with E-state index in [4.69, 9.17) is 9.47 Å². The molecule has 0 amide bonds. The highest BCUT2D eigenvalue weighted by Crippen LogP contribution is 1.92. The molecule has 0 radical (unpaired) electrons. The Morgan fingerprint density at radius 1 is 1.50 bits per heavy atom. The van der Waals surface area contributed by atoms with Crippen molar-refractivity contribution < 1.29 is 19.0 Å². The van der Waals surface area contributed by atoms with E-state index in [0.29, 0.717) is 13.2 Å². The van der Waals surface area contributed by atoms with Gasteiger partial charge in [-0.15, -0.1) is 0 Å². The van der Waals surface area contributed by atoms with Crippen LogP contribution >= 0.6 is 0 Å². The Kier molecular flexibility index (Phi) is 6.70. The number of hydrogen-bond donors (Lipinski definition) is 0. The minimum Gasteiger partial charge on any atom is -0.467 e. The fourth-order valence-corrected chi connectivity index (χ4v) is 0.601. The summed E-state index contributed by atoms with van der Waals surface area (Å²) in [5.74, 6) is -0.363. The molecule has 0 rings (SSSR count). The Morgan fingerprint density at radius 2 is 2.17 bits per heavy atom. The first-order chi connectivity index (χ1) is 5.70. The lowest BCUT2D eigenvalue weighted by atomic mass is 10.4. The number of ether oxygens (including phenoxy) is 3. The van der Waals surface area contributed by atoms with E-state index in [-0.39, 0.29) is 18.7 Å². The van der Waals surface area contributed by atoms with Crippen LogP contribution in [0.2, 0.25) is 0 Å². The number of carbonyl (C=O) groups is 1. The SMILES string of the molecule is CCOCC(C)OCC(=O)OC. The summed E-state index contributed by atoms with van der Waals surface area (Å²) in [7, 11) is 1.33. The average Bonchev–Trinajstić information content (AvgIpc) is 2.10. The third-order valence-corrected chi connectivity index (χ3v) is 1.27. The summed E-state index contributed by atoms with van der Waals surface area (Å²) in [4.78, 5) is 10.6. The first kappa shape index (κ1) is 11.4. The summed E-state index contributed by atoms with van der Waals surface area (Å²) in [5.41, 5.74) is 0. The van der Waals surface area contributed by atoms with Crippen LogP contribution in [0.25, 0.3) is 0 Å². The van der Waals surface area contributed by atoms with Crippen molar-refractivity contribution in [1.82, 2.24) is 0 Å². The Morgan fingerprint density at radius 3 is 2.67 bits per heavy atom. The third-order valence-electron chi connectivity index (χ3n) is 1.27. The predicted molar refractivity (Wildman–Crippen MR) is 43.9 cm³/mol. The summed E-state index contributed by atoms with van der Waals surface area (Å²) in [6.07, 6.45) is -0.0657. The van der Waals surface area contributed by atoms with E-state index in [1.165, 1.54) is 7.11 Å². The second-order valence-corrected chi connectivity index (χ2v) is 2.36. The van der Waals surface area contributed by atoms with Gasteiger partial charge in [-0.3, -0.25) is 0 Å². The van der Waals surface area contributed by atoms with Gasteiger partial charge >= 0.3 is 5.97 Å². The summed E-state index contributed by atoms with van der Waals surface area (Å²) >= 11 is 0. The molecule has 72 valence electrons. The van der Waals surface area contributed by atoms with E-state index in [0.717, 1.165) is 0 Å². The van der Waals surface area contributed by atoms with Crippen LogP contribution in [0.4, 0.5) is 0 Å². The van der Waals surface area contributed by atoms with Crippen LogP contribution in [0.3, 0.4) is 0 Å². The molecule has 0 aliphatic carbocycles. The van der Waals surface area contributed by atoms with Gasteiger partial charge in [-0.25, -0.2) is 4.79 Å². The normalized spacial score (nSPS) is 12.6. The van der Waals surface area contributed by atoms with Gasteiger partial charge in [0.2, 0.25) is 0 Å². The average molecular weight is 176 g/mol. The van der Waals surface area contributed by atoms with Crippen LogP contribution in [0.5, 0.6) is 0 Å². The van der Waals surface area contributed by atoms with Crippen LogP contribution in [0.15, 0.2) is 0 Å². The van der Waals surface area contributed by atoms with Gasteiger partial charge in [-0.05, 0) is 13.8 Å². The smallest absolute Gasteiger partial charge is 0.331 e. The highest BCUT2D eigenvalue weighted by atomic mass is 16.6. The zero-order valence-electron chi connectivity index (χ0n) is 7.83. The maximum atomic E-state index is 10.6. The molecule has 0 saturated heterocycles. The van der Waals surface area contributed by atoms with Gasteiger partial charge in [0.05, 0.1) is 19.8 Å². The van der Waals surface area contributed by atoms with Crippen LogP contribution < -0.4 is 0 Å². The van der Waals surface area contributed by atoms with Gasteiger partial charge in [0.1, 0.15) is 6.61 Å². The molecule has 0 spiro atoms. The molecular formula is C8H16O4. The third kappa shape index (κ3) is 6.12. The lowest BCUT2D eigenvalue weighted by molar-refractivity contribution is -0.148. The van der Waals surface area contributed by atoms with Crippen LogP contribution in [0, 0.1) is 0 Å². The van der Waals surface area contributed by atoms with Crippen LogP contribution in [0.1, 0.15) is 13.8 Å². The molecule has 0 aromatic heterocycles. The molecule has 1 unspecified atom stereocenters. The minimum atomic E-state index is -0.363. The fourth-order valence-electron chi connectivity index (χ4n) is 0.601. The second-order valence-electron chi connectivity index (χ2n) is 2.36. The van der Waals surface area contributed by atoms with Crippen molar-refractivity contribution in [2.75, 3.05) is 26.9 Å². The van der Waals surface area contributed by atoms with Gasteiger partial charge in [0.15, 0.2) is 0 Å². The Bertz CT molecular complexity index is 124. The van der Waals surface area contributed by atoms with Crippen molar-refractivity contribution in [3.63, 3.8) is 0 Å². The van der Waals surface area contributed by atoms with E-state index in [1.54, 1.807) is 0 Å². The lowest BCUT2D eigenvalue weighted by Gasteiger charge is -2.11. The topological polar surface area (TPSA) is 44.8 Å². The maximum absolute atomic E-state index is 10.6. The van der Waals surface area contributed by atoms with Crippen molar-refractivity contribution in [3.8, 4) is 0 Å². The molecule has 0 bridgehead atoms. The molecule has 0 aliphatic rings. The van der Waals surface area contributed by atoms with Crippen molar-refractivity contribution in [2.24, 2.45) is 0 Å². The molecule has 0 aliphatic heterocycles. The number of esters is 1. The van der Waals surface area contributed by atoms with Crippen molar-refractivity contribution >= 4 is 5.97 Å². The molecule has 0 N–H and O–H groups in total. The highest BCUT2D eigenvalue weighted by Gasteiger charge is 2.05. The minimum absolute atomic E-state index is 0.00919. The molecule has 12 heavy (non-hydrogen) atoms. The first-order valence-corrected chi connectivity index (χ1v) is 3.96. The maximum Gasteiger partial charge on any atom is 0.331 e. The van der Waals surface area contributed by atoms with E-state index in [1.807, 2.05) is 13.8 Å². The largest absolute Gasteiger partial charge is 0.467 e. The molecule has 0 saturated carbocycles. The standard InChI is InChI=1S/C8H16O4/c1-4-11-5-7(2)12-6-8(9)10-3/h7H,4-6H2,1-3H3. The fraction of sp³-hybridized carbons (Fsp3) is 0.875. The Balaban J connectivity index is 3.30. The summed E-state index contributed by atoms with van der Waals surface area (Å²) < 4.78 is 14.6. The zero-order chi connectivity index (χ0) is 9.40. The van der Waals surface area contributed by atoms with Crippen molar-refractivity contribution in [2.45, 2.75) is 20.0 Å². The van der Waals surface area contributed by atoms with Gasteiger partial charge in [-0.2, -0.15) is 0 Å². The zero-order valence-corrected chi connectivity index (χ0v) is 7.83. The van der Waals surface area contributed by atoms with Gasteiger partial charge in [0, 0.05) is 6.61 Å². The van der Waals surface area contributed by atoms with E-state index in [2.05, 4.69) is 4.74 Å². The summed E-state index contributed by atoms with van der Waals surface area (Å²) in [6.45, 7) is 4.91. The first-order valence-electron chi connectivity index (χ1n) is 3.96. The number of hydrogen-bond acceptors (Lipinski definition) is 4. The summed E-state index contributed by atoms with van der Waals surface area (Å²) in [6, 6.07) is 0. The molecule has 0 aromatic rings. The molecule has 1 atom stereocenters. The number of carbonyl (C=O) groups excluding carboxylic acids is 1. The Hall–Kier alpha value is -0.610. The lowest BCUT2D eigenvalue weighted by Crippen LogP contribution is -2.21. The molecule has 4 heteroatoms. The highest BCUT2D eigenvalue weighted by molar-refractivity contribution is 5.70. The van der Waals surface area contributed by atoms with E-state index >= 15 is 0 Å². The molecule has 4 nitrogen and oxygen atoms in total. The van der Waals surface area contributed by atoms with E-state index < -0.39 is 0 Å². The Labute approximate surface area is 72.8 Å². The number of rotatable bonds is 6. The quantitative estimate of drug-likeness (QED) is 0.556. The second kappa shape index (κ2) is 7.06. The van der Waals surface area contributed by atoms with Gasteiger partial charge in [-0.1, -0.05) is 0 Å².